The highest BCUT2D eigenvalue weighted by Gasteiger charge is 1.81. The molecule has 0 aliphatic carbocycles. The van der Waals surface area contributed by atoms with Crippen LogP contribution in [-0.4, -0.2) is 11.7 Å². The molecule has 0 aliphatic heterocycles. The van der Waals surface area contributed by atoms with Crippen LogP contribution in [0.3, 0.4) is 0 Å². The standard InChI is InChI=1S/C8H12O/c1-3-5-6-8(4-2)7-9/h3-6,9H,2,7H2,1H3/b5-3-,8-6+. The van der Waals surface area contributed by atoms with Crippen molar-refractivity contribution in [2.24, 2.45) is 0 Å². The fourth-order valence-corrected chi connectivity index (χ4v) is 0.405. The Balaban J connectivity index is 3.90. The molecule has 0 saturated carbocycles. The minimum atomic E-state index is 0.0633. The van der Waals surface area contributed by atoms with Gasteiger partial charge in [0.1, 0.15) is 0 Å². The van der Waals surface area contributed by atoms with E-state index in [1.807, 2.05) is 25.2 Å². The van der Waals surface area contributed by atoms with Crippen LogP contribution in [0.25, 0.3) is 0 Å². The predicted octanol–water partition coefficient (Wildman–Crippen LogP) is 1.67. The fourth-order valence-electron chi connectivity index (χ4n) is 0.405. The van der Waals surface area contributed by atoms with Gasteiger partial charge in [-0.1, -0.05) is 30.9 Å². The second-order valence-corrected chi connectivity index (χ2v) is 1.63. The average Bonchev–Trinajstić information content (AvgIpc) is 1.91. The zero-order valence-corrected chi connectivity index (χ0v) is 5.67. The summed E-state index contributed by atoms with van der Waals surface area (Å²) in [5, 5.41) is 8.58. The van der Waals surface area contributed by atoms with Crippen molar-refractivity contribution in [2.75, 3.05) is 6.61 Å². The molecule has 1 nitrogen and oxygen atoms in total. The van der Waals surface area contributed by atoms with Gasteiger partial charge < -0.3 is 5.11 Å². The summed E-state index contributed by atoms with van der Waals surface area (Å²) >= 11 is 0. The SMILES string of the molecule is C=C/C(=C\C=C/C)CO. The van der Waals surface area contributed by atoms with E-state index < -0.39 is 0 Å². The van der Waals surface area contributed by atoms with Crippen LogP contribution in [0, 0.1) is 0 Å². The molecule has 0 aliphatic rings. The molecule has 0 amide bonds. The van der Waals surface area contributed by atoms with Gasteiger partial charge in [-0.2, -0.15) is 0 Å². The molecule has 0 bridgehead atoms. The van der Waals surface area contributed by atoms with E-state index in [9.17, 15) is 0 Å². The lowest BCUT2D eigenvalue weighted by atomic mass is 10.2. The van der Waals surface area contributed by atoms with Gasteiger partial charge in [-0.05, 0) is 12.5 Å². The normalized spacial score (nSPS) is 12.4. The number of rotatable bonds is 3. The second kappa shape index (κ2) is 5.32. The van der Waals surface area contributed by atoms with Crippen molar-refractivity contribution in [3.05, 3.63) is 36.5 Å². The fraction of sp³-hybridized carbons (Fsp3) is 0.250. The Morgan fingerprint density at radius 1 is 1.67 bits per heavy atom. The Hall–Kier alpha value is -0.820. The molecule has 50 valence electrons. The van der Waals surface area contributed by atoms with Gasteiger partial charge in [0.15, 0.2) is 0 Å². The van der Waals surface area contributed by atoms with E-state index in [1.54, 1.807) is 6.08 Å². The first-order valence-corrected chi connectivity index (χ1v) is 2.90. The summed E-state index contributed by atoms with van der Waals surface area (Å²) in [6.45, 7) is 5.51. The van der Waals surface area contributed by atoms with Crippen LogP contribution in [0.5, 0.6) is 0 Å². The van der Waals surface area contributed by atoms with Crippen molar-refractivity contribution >= 4 is 0 Å². The predicted molar refractivity (Wildman–Crippen MR) is 40.2 cm³/mol. The van der Waals surface area contributed by atoms with Crippen LogP contribution < -0.4 is 0 Å². The molecule has 0 atom stereocenters. The molecule has 0 rings (SSSR count). The Labute approximate surface area is 56.0 Å². The Kier molecular flexibility index (Phi) is 4.83. The van der Waals surface area contributed by atoms with E-state index in [0.29, 0.717) is 0 Å². The van der Waals surface area contributed by atoms with Gasteiger partial charge in [-0.25, -0.2) is 0 Å². The summed E-state index contributed by atoms with van der Waals surface area (Å²) in [5.41, 5.74) is 0.841. The van der Waals surface area contributed by atoms with Crippen molar-refractivity contribution < 1.29 is 5.11 Å². The number of aliphatic hydroxyl groups excluding tert-OH is 1. The maximum absolute atomic E-state index is 8.58. The van der Waals surface area contributed by atoms with Crippen molar-refractivity contribution in [3.8, 4) is 0 Å². The summed E-state index contributed by atoms with van der Waals surface area (Å²) in [4.78, 5) is 0. The maximum Gasteiger partial charge on any atom is 0.0681 e. The van der Waals surface area contributed by atoms with E-state index >= 15 is 0 Å². The van der Waals surface area contributed by atoms with Crippen LogP contribution in [0.1, 0.15) is 6.92 Å². The molecule has 0 unspecified atom stereocenters. The van der Waals surface area contributed by atoms with Crippen molar-refractivity contribution in [2.45, 2.75) is 6.92 Å². The van der Waals surface area contributed by atoms with Gasteiger partial charge in [0.25, 0.3) is 0 Å². The lowest BCUT2D eigenvalue weighted by Crippen LogP contribution is -1.82. The van der Waals surface area contributed by atoms with Crippen molar-refractivity contribution in [1.82, 2.24) is 0 Å². The van der Waals surface area contributed by atoms with E-state index in [2.05, 4.69) is 6.58 Å². The molecule has 0 spiro atoms. The quantitative estimate of drug-likeness (QED) is 0.567. The maximum atomic E-state index is 8.58. The molecular weight excluding hydrogens is 112 g/mol. The van der Waals surface area contributed by atoms with Gasteiger partial charge in [0, 0.05) is 0 Å². The number of hydrogen-bond donors (Lipinski definition) is 1. The zero-order valence-electron chi connectivity index (χ0n) is 5.67. The Bertz CT molecular complexity index is 132. The first-order chi connectivity index (χ1) is 4.35. The average molecular weight is 124 g/mol. The second-order valence-electron chi connectivity index (χ2n) is 1.63. The highest BCUT2D eigenvalue weighted by molar-refractivity contribution is 5.21. The Morgan fingerprint density at radius 3 is 2.67 bits per heavy atom. The third-order valence-electron chi connectivity index (χ3n) is 0.948. The van der Waals surface area contributed by atoms with Gasteiger partial charge >= 0.3 is 0 Å². The summed E-state index contributed by atoms with van der Waals surface area (Å²) in [7, 11) is 0. The van der Waals surface area contributed by atoms with Crippen LogP contribution in [0.4, 0.5) is 0 Å². The highest BCUT2D eigenvalue weighted by atomic mass is 16.3. The van der Waals surface area contributed by atoms with E-state index in [0.717, 1.165) is 5.57 Å². The highest BCUT2D eigenvalue weighted by Crippen LogP contribution is 1.92. The Morgan fingerprint density at radius 2 is 2.33 bits per heavy atom. The van der Waals surface area contributed by atoms with E-state index in [4.69, 9.17) is 5.11 Å². The molecule has 0 aromatic heterocycles. The molecule has 1 N–H and O–H groups in total. The topological polar surface area (TPSA) is 20.2 Å². The first-order valence-electron chi connectivity index (χ1n) is 2.90. The molecule has 0 heterocycles. The van der Waals surface area contributed by atoms with Gasteiger partial charge in [0.05, 0.1) is 6.61 Å². The molecule has 0 fully saturated rings. The zero-order chi connectivity index (χ0) is 7.11. The van der Waals surface area contributed by atoms with Crippen LogP contribution in [0.2, 0.25) is 0 Å². The minimum Gasteiger partial charge on any atom is -0.392 e. The monoisotopic (exact) mass is 124 g/mol. The molecular formula is C8H12O. The van der Waals surface area contributed by atoms with E-state index in [-0.39, 0.29) is 6.61 Å². The lowest BCUT2D eigenvalue weighted by molar-refractivity contribution is 0.335. The van der Waals surface area contributed by atoms with Gasteiger partial charge in [-0.3, -0.25) is 0 Å². The van der Waals surface area contributed by atoms with Gasteiger partial charge in [-0.15, -0.1) is 0 Å². The van der Waals surface area contributed by atoms with E-state index in [1.165, 1.54) is 0 Å². The molecule has 0 radical (unpaired) electrons. The van der Waals surface area contributed by atoms with Crippen molar-refractivity contribution in [1.29, 1.82) is 0 Å². The first kappa shape index (κ1) is 8.18. The molecule has 0 saturated heterocycles. The van der Waals surface area contributed by atoms with Gasteiger partial charge in [0.2, 0.25) is 0 Å². The molecule has 0 aromatic rings. The van der Waals surface area contributed by atoms with Crippen LogP contribution in [0.15, 0.2) is 36.5 Å². The molecule has 0 aromatic carbocycles. The third-order valence-corrected chi connectivity index (χ3v) is 0.948. The largest absolute Gasteiger partial charge is 0.392 e. The number of aliphatic hydroxyl groups is 1. The minimum absolute atomic E-state index is 0.0633. The number of hydrogen-bond acceptors (Lipinski definition) is 1. The van der Waals surface area contributed by atoms with Crippen LogP contribution in [-0.2, 0) is 0 Å². The lowest BCUT2D eigenvalue weighted by Gasteiger charge is -1.89. The smallest absolute Gasteiger partial charge is 0.0681 e. The number of allylic oxidation sites excluding steroid dienone is 3. The molecule has 1 heteroatoms. The summed E-state index contributed by atoms with van der Waals surface area (Å²) in [6.07, 6.45) is 7.24. The van der Waals surface area contributed by atoms with Crippen molar-refractivity contribution in [3.63, 3.8) is 0 Å². The summed E-state index contributed by atoms with van der Waals surface area (Å²) in [5.74, 6) is 0. The third kappa shape index (κ3) is 3.74. The summed E-state index contributed by atoms with van der Waals surface area (Å²) < 4.78 is 0. The van der Waals surface area contributed by atoms with Crippen LogP contribution >= 0.6 is 0 Å². The molecule has 9 heavy (non-hydrogen) atoms. The summed E-state index contributed by atoms with van der Waals surface area (Å²) in [6, 6.07) is 0.